The summed E-state index contributed by atoms with van der Waals surface area (Å²) in [6.07, 6.45) is 2.22. The molecule has 3 N–H and O–H groups in total. The Labute approximate surface area is 84.0 Å². The quantitative estimate of drug-likeness (QED) is 0.699. The monoisotopic (exact) mass is 247 g/mol. The van der Waals surface area contributed by atoms with Crippen molar-refractivity contribution in [2.45, 2.75) is 6.10 Å². The van der Waals surface area contributed by atoms with Crippen molar-refractivity contribution in [3.05, 3.63) is 17.0 Å². The maximum atomic E-state index is 9.04. The van der Waals surface area contributed by atoms with E-state index in [1.165, 1.54) is 6.33 Å². The second-order valence-electron chi connectivity index (χ2n) is 2.44. The van der Waals surface area contributed by atoms with Gasteiger partial charge in [-0.2, -0.15) is 0 Å². The van der Waals surface area contributed by atoms with Crippen molar-refractivity contribution in [1.29, 1.82) is 0 Å². The Kier molecular flexibility index (Phi) is 4.07. The predicted molar refractivity (Wildman–Crippen MR) is 51.3 cm³/mol. The summed E-state index contributed by atoms with van der Waals surface area (Å²) in [5.41, 5.74) is 0. The van der Waals surface area contributed by atoms with Crippen LogP contribution in [0.25, 0.3) is 0 Å². The lowest BCUT2D eigenvalue weighted by molar-refractivity contribution is 0.105. The molecule has 0 saturated carbocycles. The van der Waals surface area contributed by atoms with E-state index in [0.717, 1.165) is 4.47 Å². The molecule has 0 aliphatic rings. The molecule has 72 valence electrons. The van der Waals surface area contributed by atoms with Gasteiger partial charge in [0.2, 0.25) is 0 Å². The van der Waals surface area contributed by atoms with Gasteiger partial charge in [0, 0.05) is 12.7 Å². The molecule has 1 unspecified atom stereocenters. The number of anilines is 1. The molecular formula is C7H10BrN3O2. The van der Waals surface area contributed by atoms with Crippen molar-refractivity contribution in [1.82, 2.24) is 9.97 Å². The number of rotatable bonds is 4. The normalized spacial score (nSPS) is 12.5. The van der Waals surface area contributed by atoms with Gasteiger partial charge in [-0.3, -0.25) is 0 Å². The minimum absolute atomic E-state index is 0.256. The number of halogens is 1. The van der Waals surface area contributed by atoms with Gasteiger partial charge in [0.1, 0.15) is 12.1 Å². The lowest BCUT2D eigenvalue weighted by atomic mass is 10.4. The van der Waals surface area contributed by atoms with E-state index in [4.69, 9.17) is 10.2 Å². The van der Waals surface area contributed by atoms with E-state index in [9.17, 15) is 0 Å². The molecule has 13 heavy (non-hydrogen) atoms. The molecule has 0 amide bonds. The van der Waals surface area contributed by atoms with E-state index in [2.05, 4.69) is 31.2 Å². The molecular weight excluding hydrogens is 238 g/mol. The molecule has 0 radical (unpaired) electrons. The third-order valence-electron chi connectivity index (χ3n) is 1.38. The molecule has 5 nitrogen and oxygen atoms in total. The van der Waals surface area contributed by atoms with Crippen molar-refractivity contribution in [3.8, 4) is 0 Å². The number of nitrogens with zero attached hydrogens (tertiary/aromatic N) is 2. The van der Waals surface area contributed by atoms with Crippen molar-refractivity contribution in [2.75, 3.05) is 18.5 Å². The Hall–Kier alpha value is -0.720. The third-order valence-corrected chi connectivity index (χ3v) is 1.96. The summed E-state index contributed by atoms with van der Waals surface area (Å²) in [7, 11) is 0. The summed E-state index contributed by atoms with van der Waals surface area (Å²) in [4.78, 5) is 7.70. The van der Waals surface area contributed by atoms with E-state index < -0.39 is 6.10 Å². The summed E-state index contributed by atoms with van der Waals surface area (Å²) in [5, 5.41) is 20.4. The highest BCUT2D eigenvalue weighted by molar-refractivity contribution is 9.10. The van der Waals surface area contributed by atoms with Gasteiger partial charge in [0.05, 0.1) is 17.2 Å². The van der Waals surface area contributed by atoms with Crippen molar-refractivity contribution in [3.63, 3.8) is 0 Å². The van der Waals surface area contributed by atoms with Gasteiger partial charge in [-0.05, 0) is 15.9 Å². The number of nitrogens with one attached hydrogen (secondary N) is 1. The average Bonchev–Trinajstić information content (AvgIpc) is 2.16. The lowest BCUT2D eigenvalue weighted by Crippen LogP contribution is -2.23. The summed E-state index contributed by atoms with van der Waals surface area (Å²) in [6.45, 7) is -0.0121. The van der Waals surface area contributed by atoms with Gasteiger partial charge < -0.3 is 15.5 Å². The van der Waals surface area contributed by atoms with E-state index in [-0.39, 0.29) is 13.2 Å². The Bertz CT molecular complexity index is 272. The van der Waals surface area contributed by atoms with Crippen molar-refractivity contribution >= 4 is 21.7 Å². The minimum atomic E-state index is -0.776. The van der Waals surface area contributed by atoms with Gasteiger partial charge in [-0.1, -0.05) is 0 Å². The molecule has 0 spiro atoms. The molecule has 0 aliphatic carbocycles. The fourth-order valence-corrected chi connectivity index (χ4v) is 1.08. The Morgan fingerprint density at radius 2 is 2.38 bits per heavy atom. The maximum Gasteiger partial charge on any atom is 0.143 e. The zero-order valence-electron chi connectivity index (χ0n) is 6.81. The molecule has 0 fully saturated rings. The largest absolute Gasteiger partial charge is 0.394 e. The number of hydrogen-bond acceptors (Lipinski definition) is 5. The van der Waals surface area contributed by atoms with Crippen LogP contribution in [0.1, 0.15) is 0 Å². The van der Waals surface area contributed by atoms with Crippen LogP contribution in [0.2, 0.25) is 0 Å². The van der Waals surface area contributed by atoms with E-state index in [0.29, 0.717) is 5.82 Å². The average molecular weight is 248 g/mol. The molecule has 1 heterocycles. The van der Waals surface area contributed by atoms with Crippen molar-refractivity contribution in [2.24, 2.45) is 0 Å². The number of aromatic nitrogens is 2. The summed E-state index contributed by atoms with van der Waals surface area (Å²) >= 11 is 3.24. The fraction of sp³-hybridized carbons (Fsp3) is 0.429. The first kappa shape index (κ1) is 10.4. The van der Waals surface area contributed by atoms with Crippen LogP contribution in [0, 0.1) is 0 Å². The van der Waals surface area contributed by atoms with Crippen LogP contribution in [-0.2, 0) is 0 Å². The fourth-order valence-electron chi connectivity index (χ4n) is 0.722. The lowest BCUT2D eigenvalue weighted by Gasteiger charge is -2.09. The highest BCUT2D eigenvalue weighted by atomic mass is 79.9. The van der Waals surface area contributed by atoms with E-state index in [1.807, 2.05) is 0 Å². The van der Waals surface area contributed by atoms with Crippen molar-refractivity contribution < 1.29 is 10.2 Å². The molecule has 1 atom stereocenters. The van der Waals surface area contributed by atoms with Crippen LogP contribution in [0.4, 0.5) is 5.82 Å². The second kappa shape index (κ2) is 5.11. The van der Waals surface area contributed by atoms with Crippen LogP contribution < -0.4 is 5.32 Å². The predicted octanol–water partition coefficient (Wildman–Crippen LogP) is 0.00420. The first-order valence-corrected chi connectivity index (χ1v) is 4.51. The Balaban J connectivity index is 2.50. The van der Waals surface area contributed by atoms with Crippen LogP contribution in [0.15, 0.2) is 17.0 Å². The standard InChI is InChI=1S/C7H10BrN3O2/c8-6-2-9-4-11-7(6)10-1-5(13)3-12/h2,4-5,12-13H,1,3H2,(H,9,10,11). The molecule has 0 saturated heterocycles. The first-order chi connectivity index (χ1) is 6.24. The summed E-state index contributed by atoms with van der Waals surface area (Å²) < 4.78 is 0.722. The minimum Gasteiger partial charge on any atom is -0.394 e. The Morgan fingerprint density at radius 3 is 3.00 bits per heavy atom. The molecule has 1 rings (SSSR count). The molecule has 0 bridgehead atoms. The van der Waals surface area contributed by atoms with Crippen LogP contribution in [0.3, 0.4) is 0 Å². The van der Waals surface area contributed by atoms with Crippen LogP contribution in [-0.4, -0.2) is 39.4 Å². The molecule has 0 aliphatic heterocycles. The van der Waals surface area contributed by atoms with Gasteiger partial charge >= 0.3 is 0 Å². The Morgan fingerprint density at radius 1 is 1.62 bits per heavy atom. The van der Waals surface area contributed by atoms with Gasteiger partial charge in [0.25, 0.3) is 0 Å². The molecule has 1 aromatic heterocycles. The first-order valence-electron chi connectivity index (χ1n) is 3.72. The summed E-state index contributed by atoms with van der Waals surface area (Å²) in [6, 6.07) is 0. The molecule has 1 aromatic rings. The van der Waals surface area contributed by atoms with E-state index in [1.54, 1.807) is 6.20 Å². The van der Waals surface area contributed by atoms with Gasteiger partial charge in [0.15, 0.2) is 0 Å². The SMILES string of the molecule is OCC(O)CNc1ncncc1Br. The van der Waals surface area contributed by atoms with Crippen LogP contribution >= 0.6 is 15.9 Å². The highest BCUT2D eigenvalue weighted by Gasteiger charge is 2.04. The smallest absolute Gasteiger partial charge is 0.143 e. The molecule has 0 aromatic carbocycles. The van der Waals surface area contributed by atoms with Gasteiger partial charge in [-0.25, -0.2) is 9.97 Å². The van der Waals surface area contributed by atoms with E-state index >= 15 is 0 Å². The number of aliphatic hydroxyl groups excluding tert-OH is 2. The highest BCUT2D eigenvalue weighted by Crippen LogP contribution is 2.16. The summed E-state index contributed by atoms with van der Waals surface area (Å²) in [5.74, 6) is 0.600. The van der Waals surface area contributed by atoms with Gasteiger partial charge in [-0.15, -0.1) is 0 Å². The maximum absolute atomic E-state index is 9.04. The zero-order chi connectivity index (χ0) is 9.68. The van der Waals surface area contributed by atoms with Crippen LogP contribution in [0.5, 0.6) is 0 Å². The number of aliphatic hydroxyl groups is 2. The second-order valence-corrected chi connectivity index (χ2v) is 3.29. The number of hydrogen-bond donors (Lipinski definition) is 3. The topological polar surface area (TPSA) is 78.3 Å². The zero-order valence-corrected chi connectivity index (χ0v) is 8.40. The molecule has 6 heteroatoms. The third kappa shape index (κ3) is 3.25.